The Morgan fingerprint density at radius 2 is 2.29 bits per heavy atom. The number of anilines is 2. The molecule has 0 radical (unpaired) electrons. The summed E-state index contributed by atoms with van der Waals surface area (Å²) < 4.78 is 15.9. The average Bonchev–Trinajstić information content (AvgIpc) is 2.54. The molecule has 134 valence electrons. The Hall–Kier alpha value is -1.79. The molecule has 0 amide bonds. The zero-order chi connectivity index (χ0) is 17.5. The van der Waals surface area contributed by atoms with Gasteiger partial charge in [0.25, 0.3) is 0 Å². The van der Waals surface area contributed by atoms with Gasteiger partial charge in [0.2, 0.25) is 0 Å². The lowest BCUT2D eigenvalue weighted by Crippen LogP contribution is -2.41. The summed E-state index contributed by atoms with van der Waals surface area (Å²) >= 11 is 0. The van der Waals surface area contributed by atoms with Crippen molar-refractivity contribution in [1.29, 1.82) is 0 Å². The van der Waals surface area contributed by atoms with E-state index >= 15 is 0 Å². The first-order valence-corrected chi connectivity index (χ1v) is 8.45. The molecule has 2 atom stereocenters. The lowest BCUT2D eigenvalue weighted by atomic mass is 9.95. The number of nitrogens with two attached hydrogens (primary N) is 1. The highest BCUT2D eigenvalue weighted by Crippen LogP contribution is 2.30. The molecule has 1 saturated heterocycles. The molecule has 2 rings (SSSR count). The number of carbonyl (C=O) groups is 1. The number of rotatable bonds is 7. The summed E-state index contributed by atoms with van der Waals surface area (Å²) in [5.74, 6) is -0.279. The van der Waals surface area contributed by atoms with E-state index in [1.807, 2.05) is 18.2 Å². The number of nitrogens with zero attached hydrogens (tertiary/aromatic N) is 1. The van der Waals surface area contributed by atoms with E-state index in [-0.39, 0.29) is 24.4 Å². The molecular formula is C18H28N2O4. The number of hydrogen-bond acceptors (Lipinski definition) is 6. The van der Waals surface area contributed by atoms with Gasteiger partial charge in [0.05, 0.1) is 43.7 Å². The number of ether oxygens (including phenoxy) is 3. The molecule has 0 saturated carbocycles. The topological polar surface area (TPSA) is 74.0 Å². The molecule has 1 heterocycles. The van der Waals surface area contributed by atoms with Crippen LogP contribution in [0.4, 0.5) is 11.4 Å². The maximum atomic E-state index is 11.8. The second-order valence-electron chi connectivity index (χ2n) is 6.11. The molecule has 24 heavy (non-hydrogen) atoms. The number of esters is 1. The molecule has 0 aromatic heterocycles. The van der Waals surface area contributed by atoms with Crippen molar-refractivity contribution >= 4 is 17.3 Å². The molecule has 1 aliphatic heterocycles. The van der Waals surface area contributed by atoms with Gasteiger partial charge in [0, 0.05) is 26.1 Å². The van der Waals surface area contributed by atoms with Crippen LogP contribution in [0.2, 0.25) is 0 Å². The van der Waals surface area contributed by atoms with Crippen LogP contribution >= 0.6 is 0 Å². The molecule has 0 aliphatic carbocycles. The zero-order valence-electron chi connectivity index (χ0n) is 14.8. The van der Waals surface area contributed by atoms with Gasteiger partial charge in [-0.2, -0.15) is 0 Å². The number of methoxy groups -OCH3 is 1. The Morgan fingerprint density at radius 1 is 1.50 bits per heavy atom. The van der Waals surface area contributed by atoms with E-state index < -0.39 is 0 Å². The van der Waals surface area contributed by atoms with Crippen LogP contribution in [-0.4, -0.2) is 52.1 Å². The minimum Gasteiger partial charge on any atom is -0.466 e. The third kappa shape index (κ3) is 4.85. The molecule has 0 spiro atoms. The molecule has 6 heteroatoms. The van der Waals surface area contributed by atoms with Gasteiger partial charge in [-0.3, -0.25) is 4.79 Å². The van der Waals surface area contributed by atoms with Gasteiger partial charge < -0.3 is 24.8 Å². The first kappa shape index (κ1) is 18.5. The van der Waals surface area contributed by atoms with E-state index in [9.17, 15) is 4.79 Å². The van der Waals surface area contributed by atoms with Crippen molar-refractivity contribution in [2.24, 2.45) is 0 Å². The van der Waals surface area contributed by atoms with Crippen molar-refractivity contribution in [2.75, 3.05) is 50.7 Å². The van der Waals surface area contributed by atoms with Crippen LogP contribution in [0.1, 0.15) is 31.7 Å². The lowest BCUT2D eigenvalue weighted by molar-refractivity contribution is -0.143. The first-order chi connectivity index (χ1) is 11.5. The fourth-order valence-corrected chi connectivity index (χ4v) is 3.05. The standard InChI is InChI=1S/C18H28N2O4/c1-4-23-18(21)10-15(12-22-3)14-5-6-17(16(19)9-14)20-7-8-24-13(2)11-20/h5-6,9,13,15H,4,7-8,10-12,19H2,1-3H3. The second kappa shape index (κ2) is 8.89. The summed E-state index contributed by atoms with van der Waals surface area (Å²) in [6.07, 6.45) is 0.484. The van der Waals surface area contributed by atoms with Gasteiger partial charge in [-0.1, -0.05) is 6.07 Å². The normalized spacial score (nSPS) is 19.1. The van der Waals surface area contributed by atoms with E-state index in [1.165, 1.54) is 0 Å². The minimum atomic E-state index is -0.218. The molecule has 6 nitrogen and oxygen atoms in total. The van der Waals surface area contributed by atoms with Gasteiger partial charge in [0.1, 0.15) is 0 Å². The summed E-state index contributed by atoms with van der Waals surface area (Å²) in [5.41, 5.74) is 9.00. The van der Waals surface area contributed by atoms with Crippen LogP contribution in [0.3, 0.4) is 0 Å². The smallest absolute Gasteiger partial charge is 0.306 e. The third-order valence-corrected chi connectivity index (χ3v) is 4.19. The van der Waals surface area contributed by atoms with Gasteiger partial charge >= 0.3 is 5.97 Å². The number of carbonyl (C=O) groups excluding carboxylic acids is 1. The van der Waals surface area contributed by atoms with Gasteiger partial charge in [0.15, 0.2) is 0 Å². The van der Waals surface area contributed by atoms with Crippen molar-refractivity contribution in [1.82, 2.24) is 0 Å². The van der Waals surface area contributed by atoms with Gasteiger partial charge in [-0.15, -0.1) is 0 Å². The summed E-state index contributed by atoms with van der Waals surface area (Å²) in [6, 6.07) is 5.99. The lowest BCUT2D eigenvalue weighted by Gasteiger charge is -2.34. The van der Waals surface area contributed by atoms with Gasteiger partial charge in [-0.05, 0) is 31.5 Å². The van der Waals surface area contributed by atoms with Crippen LogP contribution in [0.25, 0.3) is 0 Å². The van der Waals surface area contributed by atoms with Crippen molar-refractivity contribution in [3.8, 4) is 0 Å². The highest BCUT2D eigenvalue weighted by atomic mass is 16.5. The van der Waals surface area contributed by atoms with E-state index in [1.54, 1.807) is 14.0 Å². The number of benzene rings is 1. The SMILES string of the molecule is CCOC(=O)CC(COC)c1ccc(N2CCOC(C)C2)c(N)c1. The quantitative estimate of drug-likeness (QED) is 0.608. The Bertz CT molecular complexity index is 550. The highest BCUT2D eigenvalue weighted by molar-refractivity contribution is 5.72. The van der Waals surface area contributed by atoms with E-state index in [0.717, 1.165) is 24.3 Å². The summed E-state index contributed by atoms with van der Waals surface area (Å²) in [5, 5.41) is 0. The Labute approximate surface area is 143 Å². The molecule has 2 unspecified atom stereocenters. The first-order valence-electron chi connectivity index (χ1n) is 8.45. The van der Waals surface area contributed by atoms with Gasteiger partial charge in [-0.25, -0.2) is 0 Å². The predicted octanol–water partition coefficient (Wildman–Crippen LogP) is 2.18. The third-order valence-electron chi connectivity index (χ3n) is 4.19. The molecule has 1 fully saturated rings. The number of morpholine rings is 1. The van der Waals surface area contributed by atoms with Crippen molar-refractivity contribution in [3.63, 3.8) is 0 Å². The summed E-state index contributed by atoms with van der Waals surface area (Å²) in [4.78, 5) is 14.0. The monoisotopic (exact) mass is 336 g/mol. The van der Waals surface area contributed by atoms with Crippen molar-refractivity contribution < 1.29 is 19.0 Å². The fourth-order valence-electron chi connectivity index (χ4n) is 3.05. The van der Waals surface area contributed by atoms with Crippen LogP contribution in [0.5, 0.6) is 0 Å². The van der Waals surface area contributed by atoms with Crippen LogP contribution in [-0.2, 0) is 19.0 Å². The second-order valence-corrected chi connectivity index (χ2v) is 6.11. The Balaban J connectivity index is 2.14. The zero-order valence-corrected chi connectivity index (χ0v) is 14.8. The molecule has 0 bridgehead atoms. The summed E-state index contributed by atoms with van der Waals surface area (Å²) in [7, 11) is 1.63. The molecule has 1 aliphatic rings. The molecule has 1 aromatic carbocycles. The largest absolute Gasteiger partial charge is 0.466 e. The summed E-state index contributed by atoms with van der Waals surface area (Å²) in [6.45, 7) is 7.06. The number of nitrogen functional groups attached to an aromatic ring is 1. The van der Waals surface area contributed by atoms with Crippen molar-refractivity contribution in [2.45, 2.75) is 32.3 Å². The average molecular weight is 336 g/mol. The minimum absolute atomic E-state index is 0.0611. The molecular weight excluding hydrogens is 308 g/mol. The Kier molecular flexibility index (Phi) is 6.87. The maximum absolute atomic E-state index is 11.8. The van der Waals surface area contributed by atoms with E-state index in [2.05, 4.69) is 11.8 Å². The number of hydrogen-bond donors (Lipinski definition) is 1. The maximum Gasteiger partial charge on any atom is 0.306 e. The predicted molar refractivity (Wildman–Crippen MR) is 94.3 cm³/mol. The van der Waals surface area contributed by atoms with E-state index in [0.29, 0.717) is 25.5 Å². The van der Waals surface area contributed by atoms with Crippen LogP contribution in [0.15, 0.2) is 18.2 Å². The highest BCUT2D eigenvalue weighted by Gasteiger charge is 2.21. The molecule has 2 N–H and O–H groups in total. The fraction of sp³-hybridized carbons (Fsp3) is 0.611. The van der Waals surface area contributed by atoms with Crippen LogP contribution in [0, 0.1) is 0 Å². The van der Waals surface area contributed by atoms with E-state index in [4.69, 9.17) is 19.9 Å². The molecule has 1 aromatic rings. The Morgan fingerprint density at radius 3 is 2.92 bits per heavy atom. The van der Waals surface area contributed by atoms with Crippen molar-refractivity contribution in [3.05, 3.63) is 23.8 Å². The van der Waals surface area contributed by atoms with Crippen LogP contribution < -0.4 is 10.6 Å².